The summed E-state index contributed by atoms with van der Waals surface area (Å²) in [6.45, 7) is 7.73. The van der Waals surface area contributed by atoms with Gasteiger partial charge in [-0.25, -0.2) is 4.79 Å². The molecule has 64 valence electrons. The summed E-state index contributed by atoms with van der Waals surface area (Å²) in [4.78, 5) is 10.8. The molecular formula is C8H15NO2. The van der Waals surface area contributed by atoms with Gasteiger partial charge < -0.3 is 10.1 Å². The summed E-state index contributed by atoms with van der Waals surface area (Å²) in [6, 6.07) is 0. The van der Waals surface area contributed by atoms with E-state index >= 15 is 0 Å². The molecular weight excluding hydrogens is 142 g/mol. The van der Waals surface area contributed by atoms with Crippen molar-refractivity contribution in [3.63, 3.8) is 0 Å². The van der Waals surface area contributed by atoms with Crippen molar-refractivity contribution in [2.75, 3.05) is 6.54 Å². The van der Waals surface area contributed by atoms with Gasteiger partial charge >= 0.3 is 6.09 Å². The van der Waals surface area contributed by atoms with Crippen molar-refractivity contribution in [3.05, 3.63) is 12.7 Å². The predicted octanol–water partition coefficient (Wildman–Crippen LogP) is 1.70. The first kappa shape index (κ1) is 10.0. The number of carbonyl (C=O) groups is 1. The average molecular weight is 157 g/mol. The largest absolute Gasteiger partial charge is 0.447 e. The van der Waals surface area contributed by atoms with Gasteiger partial charge in [0.2, 0.25) is 0 Å². The van der Waals surface area contributed by atoms with E-state index in [-0.39, 0.29) is 12.2 Å². The van der Waals surface area contributed by atoms with Crippen LogP contribution in [0.4, 0.5) is 4.79 Å². The van der Waals surface area contributed by atoms with Crippen LogP contribution in [0.5, 0.6) is 0 Å². The van der Waals surface area contributed by atoms with Gasteiger partial charge in [0.15, 0.2) is 0 Å². The molecule has 0 aromatic heterocycles. The molecule has 1 unspecified atom stereocenters. The topological polar surface area (TPSA) is 38.3 Å². The predicted molar refractivity (Wildman–Crippen MR) is 44.4 cm³/mol. The Labute approximate surface area is 67.4 Å². The maximum atomic E-state index is 10.8. The molecule has 0 saturated carbocycles. The Balaban J connectivity index is 3.43. The second-order valence-corrected chi connectivity index (χ2v) is 2.29. The molecule has 0 heterocycles. The lowest BCUT2D eigenvalue weighted by molar-refractivity contribution is 0.106. The first-order valence-electron chi connectivity index (χ1n) is 3.76. The molecule has 0 saturated heterocycles. The molecule has 0 radical (unpaired) electrons. The highest BCUT2D eigenvalue weighted by molar-refractivity contribution is 5.67. The van der Waals surface area contributed by atoms with Gasteiger partial charge in [0.05, 0.1) is 0 Å². The molecule has 3 heteroatoms. The second-order valence-electron chi connectivity index (χ2n) is 2.29. The summed E-state index contributed by atoms with van der Waals surface area (Å²) in [5.74, 6) is 0. The third-order valence-corrected chi connectivity index (χ3v) is 1.27. The first-order valence-corrected chi connectivity index (χ1v) is 3.76. The maximum Gasteiger partial charge on any atom is 0.407 e. The minimum Gasteiger partial charge on any atom is -0.447 e. The molecule has 1 N–H and O–H groups in total. The Morgan fingerprint density at radius 2 is 2.45 bits per heavy atom. The fourth-order valence-corrected chi connectivity index (χ4v) is 0.463. The molecule has 0 fully saturated rings. The number of rotatable bonds is 4. The van der Waals surface area contributed by atoms with Crippen LogP contribution in [0.2, 0.25) is 0 Å². The number of alkyl carbamates (subject to hydrolysis) is 1. The van der Waals surface area contributed by atoms with Crippen molar-refractivity contribution >= 4 is 6.09 Å². The highest BCUT2D eigenvalue weighted by atomic mass is 16.6. The molecule has 11 heavy (non-hydrogen) atoms. The molecule has 0 rings (SSSR count). The Kier molecular flexibility index (Phi) is 5.25. The number of hydrogen-bond donors (Lipinski definition) is 1. The van der Waals surface area contributed by atoms with Gasteiger partial charge in [-0.05, 0) is 13.3 Å². The molecule has 0 aliphatic carbocycles. The first-order chi connectivity index (χ1) is 5.20. The lowest BCUT2D eigenvalue weighted by Gasteiger charge is -2.10. The van der Waals surface area contributed by atoms with E-state index in [2.05, 4.69) is 11.9 Å². The van der Waals surface area contributed by atoms with Crippen molar-refractivity contribution in [1.82, 2.24) is 5.32 Å². The summed E-state index contributed by atoms with van der Waals surface area (Å²) in [6.07, 6.45) is 2.05. The summed E-state index contributed by atoms with van der Waals surface area (Å²) in [5, 5.41) is 2.52. The van der Waals surface area contributed by atoms with E-state index < -0.39 is 0 Å². The SMILES string of the molecule is C=CCNC(=O)OC(C)CC. The minimum atomic E-state index is -0.376. The maximum absolute atomic E-state index is 10.8. The van der Waals surface area contributed by atoms with Gasteiger partial charge in [-0.2, -0.15) is 0 Å². The monoisotopic (exact) mass is 157 g/mol. The third kappa shape index (κ3) is 5.45. The van der Waals surface area contributed by atoms with Crippen LogP contribution in [-0.4, -0.2) is 18.7 Å². The Morgan fingerprint density at radius 1 is 1.82 bits per heavy atom. The number of carbonyl (C=O) groups excluding carboxylic acids is 1. The lowest BCUT2D eigenvalue weighted by Crippen LogP contribution is -2.27. The van der Waals surface area contributed by atoms with E-state index in [0.29, 0.717) is 6.54 Å². The fourth-order valence-electron chi connectivity index (χ4n) is 0.463. The molecule has 0 aliphatic rings. The molecule has 0 aliphatic heterocycles. The van der Waals surface area contributed by atoms with E-state index in [4.69, 9.17) is 4.74 Å². The van der Waals surface area contributed by atoms with Gasteiger partial charge in [0.1, 0.15) is 6.10 Å². The van der Waals surface area contributed by atoms with Crippen molar-refractivity contribution in [3.8, 4) is 0 Å². The van der Waals surface area contributed by atoms with Gasteiger partial charge in [0, 0.05) is 6.54 Å². The summed E-state index contributed by atoms with van der Waals surface area (Å²) >= 11 is 0. The van der Waals surface area contributed by atoms with Crippen molar-refractivity contribution < 1.29 is 9.53 Å². The highest BCUT2D eigenvalue weighted by Gasteiger charge is 2.04. The van der Waals surface area contributed by atoms with E-state index in [0.717, 1.165) is 6.42 Å². The van der Waals surface area contributed by atoms with E-state index in [1.165, 1.54) is 0 Å². The van der Waals surface area contributed by atoms with Crippen LogP contribution >= 0.6 is 0 Å². The fraction of sp³-hybridized carbons (Fsp3) is 0.625. The zero-order valence-electron chi connectivity index (χ0n) is 7.09. The van der Waals surface area contributed by atoms with Crippen LogP contribution in [0.25, 0.3) is 0 Å². The smallest absolute Gasteiger partial charge is 0.407 e. The summed E-state index contributed by atoms with van der Waals surface area (Å²) in [5.41, 5.74) is 0. The molecule has 1 atom stereocenters. The standard InChI is InChI=1S/C8H15NO2/c1-4-6-9-8(10)11-7(3)5-2/h4,7H,1,5-6H2,2-3H3,(H,9,10). The third-order valence-electron chi connectivity index (χ3n) is 1.27. The Morgan fingerprint density at radius 3 is 2.91 bits per heavy atom. The van der Waals surface area contributed by atoms with Gasteiger partial charge in [-0.15, -0.1) is 6.58 Å². The summed E-state index contributed by atoms with van der Waals surface area (Å²) in [7, 11) is 0. The van der Waals surface area contributed by atoms with Crippen LogP contribution in [-0.2, 0) is 4.74 Å². The van der Waals surface area contributed by atoms with E-state index in [1.807, 2.05) is 13.8 Å². The molecule has 0 aromatic carbocycles. The molecule has 0 aromatic rings. The number of amides is 1. The van der Waals surface area contributed by atoms with Crippen LogP contribution < -0.4 is 5.32 Å². The molecule has 1 amide bonds. The normalized spacial score (nSPS) is 11.8. The Bertz CT molecular complexity index is 134. The number of hydrogen-bond acceptors (Lipinski definition) is 2. The zero-order chi connectivity index (χ0) is 8.69. The zero-order valence-corrected chi connectivity index (χ0v) is 7.09. The second kappa shape index (κ2) is 5.77. The van der Waals surface area contributed by atoms with Crippen molar-refractivity contribution in [2.45, 2.75) is 26.4 Å². The van der Waals surface area contributed by atoms with Crippen molar-refractivity contribution in [1.29, 1.82) is 0 Å². The minimum absolute atomic E-state index is 0.0141. The number of nitrogens with one attached hydrogen (secondary N) is 1. The molecule has 3 nitrogen and oxygen atoms in total. The average Bonchev–Trinajstić information content (AvgIpc) is 2.00. The summed E-state index contributed by atoms with van der Waals surface area (Å²) < 4.78 is 4.90. The molecule has 0 spiro atoms. The molecule has 0 bridgehead atoms. The lowest BCUT2D eigenvalue weighted by atomic mass is 10.3. The van der Waals surface area contributed by atoms with Gasteiger partial charge in [-0.3, -0.25) is 0 Å². The quantitative estimate of drug-likeness (QED) is 0.631. The highest BCUT2D eigenvalue weighted by Crippen LogP contribution is 1.95. The Hall–Kier alpha value is -0.990. The van der Waals surface area contributed by atoms with Gasteiger partial charge in [0.25, 0.3) is 0 Å². The van der Waals surface area contributed by atoms with Crippen LogP contribution in [0.3, 0.4) is 0 Å². The van der Waals surface area contributed by atoms with Crippen LogP contribution in [0, 0.1) is 0 Å². The van der Waals surface area contributed by atoms with E-state index in [9.17, 15) is 4.79 Å². The van der Waals surface area contributed by atoms with Crippen molar-refractivity contribution in [2.24, 2.45) is 0 Å². The van der Waals surface area contributed by atoms with Crippen LogP contribution in [0.15, 0.2) is 12.7 Å². The van der Waals surface area contributed by atoms with E-state index in [1.54, 1.807) is 6.08 Å². The van der Waals surface area contributed by atoms with Crippen LogP contribution in [0.1, 0.15) is 20.3 Å². The number of ether oxygens (including phenoxy) is 1. The van der Waals surface area contributed by atoms with Gasteiger partial charge in [-0.1, -0.05) is 13.0 Å².